The lowest BCUT2D eigenvalue weighted by molar-refractivity contribution is 0.312. The van der Waals surface area contributed by atoms with Crippen LogP contribution in [0, 0.1) is 0 Å². The van der Waals surface area contributed by atoms with Crippen LogP contribution in [-0.4, -0.2) is 45.6 Å². The first-order valence-corrected chi connectivity index (χ1v) is 14.9. The van der Waals surface area contributed by atoms with E-state index in [4.69, 9.17) is 10.5 Å². The van der Waals surface area contributed by atoms with E-state index in [0.717, 1.165) is 50.0 Å². The minimum atomic E-state index is -3.68. The molecule has 198 valence electrons. The van der Waals surface area contributed by atoms with Gasteiger partial charge in [0.15, 0.2) is 5.82 Å². The number of aryl methyl sites for hydroxylation is 1. The molecule has 0 aliphatic carbocycles. The Balaban J connectivity index is 1.24. The molecule has 0 atom stereocenters. The highest BCUT2D eigenvalue weighted by Crippen LogP contribution is 2.34. The van der Waals surface area contributed by atoms with Crippen LogP contribution >= 0.6 is 11.3 Å². The molecule has 10 heteroatoms. The van der Waals surface area contributed by atoms with E-state index >= 15 is 0 Å². The molecule has 2 heterocycles. The summed E-state index contributed by atoms with van der Waals surface area (Å²) in [5, 5.41) is 3.66. The molecule has 0 aliphatic rings. The first-order valence-electron chi connectivity index (χ1n) is 12.6. The zero-order valence-electron chi connectivity index (χ0n) is 21.7. The zero-order chi connectivity index (χ0) is 26.9. The summed E-state index contributed by atoms with van der Waals surface area (Å²) in [6.45, 7) is 2.74. The Kier molecular flexibility index (Phi) is 7.38. The van der Waals surface area contributed by atoms with Gasteiger partial charge in [-0.05, 0) is 43.5 Å². The Morgan fingerprint density at radius 2 is 1.82 bits per heavy atom. The van der Waals surface area contributed by atoms with Gasteiger partial charge in [-0.15, -0.1) is 11.3 Å². The van der Waals surface area contributed by atoms with Gasteiger partial charge in [0.25, 0.3) is 0 Å². The summed E-state index contributed by atoms with van der Waals surface area (Å²) in [6, 6.07) is 16.8. The van der Waals surface area contributed by atoms with Crippen LogP contribution in [0.5, 0.6) is 5.75 Å². The maximum absolute atomic E-state index is 13.1. The van der Waals surface area contributed by atoms with Gasteiger partial charge in [-0.1, -0.05) is 31.2 Å². The summed E-state index contributed by atoms with van der Waals surface area (Å²) in [7, 11) is 0.201. The van der Waals surface area contributed by atoms with E-state index in [9.17, 15) is 8.42 Å². The molecule has 0 saturated heterocycles. The molecular formula is C28H31N5O3S2. The van der Waals surface area contributed by atoms with Gasteiger partial charge in [-0.2, -0.15) is 0 Å². The fraction of sp³-hybridized carbons (Fsp3) is 0.286. The molecule has 0 amide bonds. The molecule has 0 radical (unpaired) electrons. The molecule has 0 saturated carbocycles. The van der Waals surface area contributed by atoms with Crippen molar-refractivity contribution >= 4 is 64.8 Å². The molecule has 0 aliphatic heterocycles. The van der Waals surface area contributed by atoms with Gasteiger partial charge in [0, 0.05) is 48.6 Å². The van der Waals surface area contributed by atoms with Crippen molar-refractivity contribution in [3.63, 3.8) is 0 Å². The molecule has 0 spiro atoms. The molecule has 0 unspecified atom stereocenters. The number of aromatic nitrogens is 2. The summed E-state index contributed by atoms with van der Waals surface area (Å²) in [5.41, 5.74) is 8.68. The monoisotopic (exact) mass is 549 g/mol. The highest BCUT2D eigenvalue weighted by molar-refractivity contribution is 7.89. The number of thiazole rings is 1. The second kappa shape index (κ2) is 10.7. The number of nitrogens with one attached hydrogen (secondary N) is 1. The van der Waals surface area contributed by atoms with Gasteiger partial charge >= 0.3 is 0 Å². The summed E-state index contributed by atoms with van der Waals surface area (Å²) >= 11 is 1.66. The van der Waals surface area contributed by atoms with Crippen LogP contribution in [-0.2, 0) is 16.4 Å². The van der Waals surface area contributed by atoms with Crippen molar-refractivity contribution < 1.29 is 13.2 Å². The van der Waals surface area contributed by atoms with E-state index in [-0.39, 0.29) is 11.4 Å². The average molecular weight is 550 g/mol. The maximum Gasteiger partial charge on any atom is 0.241 e. The number of nitrogen functional groups attached to an aromatic ring is 1. The average Bonchev–Trinajstić information content (AvgIpc) is 3.32. The predicted molar refractivity (Wildman–Crippen MR) is 157 cm³/mol. The third-order valence-electron chi connectivity index (χ3n) is 6.34. The van der Waals surface area contributed by atoms with Crippen molar-refractivity contribution in [1.29, 1.82) is 0 Å². The molecule has 5 rings (SSSR count). The van der Waals surface area contributed by atoms with Crippen molar-refractivity contribution in [2.75, 3.05) is 37.9 Å². The molecule has 38 heavy (non-hydrogen) atoms. The number of sulfonamides is 1. The first kappa shape index (κ1) is 26.1. The van der Waals surface area contributed by atoms with Gasteiger partial charge < -0.3 is 15.4 Å². The molecule has 3 N–H and O–H groups in total. The Morgan fingerprint density at radius 1 is 1.03 bits per heavy atom. The summed E-state index contributed by atoms with van der Waals surface area (Å²) in [4.78, 5) is 11.4. The van der Waals surface area contributed by atoms with Gasteiger partial charge in [0.2, 0.25) is 10.0 Å². The number of fused-ring (bicyclic) bond motifs is 4. The number of hydrogen-bond acceptors (Lipinski definition) is 8. The molecule has 3 aromatic carbocycles. The van der Waals surface area contributed by atoms with Crippen LogP contribution in [0.3, 0.4) is 0 Å². The normalized spacial score (nSPS) is 12.0. The van der Waals surface area contributed by atoms with Crippen LogP contribution in [0.15, 0.2) is 59.5 Å². The van der Waals surface area contributed by atoms with E-state index in [1.807, 2.05) is 61.5 Å². The Labute approximate surface area is 226 Å². The lowest BCUT2D eigenvalue weighted by Gasteiger charge is -2.17. The number of rotatable bonds is 10. The number of benzene rings is 3. The molecule has 5 aromatic rings. The number of anilines is 2. The van der Waals surface area contributed by atoms with Crippen molar-refractivity contribution in [3.05, 3.63) is 59.6 Å². The molecule has 0 bridgehead atoms. The smallest absolute Gasteiger partial charge is 0.241 e. The lowest BCUT2D eigenvalue weighted by Crippen LogP contribution is -2.26. The van der Waals surface area contributed by atoms with Crippen LogP contribution in [0.4, 0.5) is 11.5 Å². The van der Waals surface area contributed by atoms with Gasteiger partial charge in [-0.3, -0.25) is 0 Å². The largest absolute Gasteiger partial charge is 0.493 e. The van der Waals surface area contributed by atoms with E-state index in [1.165, 1.54) is 0 Å². The van der Waals surface area contributed by atoms with Crippen LogP contribution in [0.2, 0.25) is 0 Å². The number of nitrogens with two attached hydrogens (primary N) is 1. The molecule has 2 aromatic heterocycles. The minimum absolute atomic E-state index is 0.257. The summed E-state index contributed by atoms with van der Waals surface area (Å²) < 4.78 is 35.9. The summed E-state index contributed by atoms with van der Waals surface area (Å²) in [5.74, 6) is 1.08. The zero-order valence-corrected chi connectivity index (χ0v) is 23.3. The van der Waals surface area contributed by atoms with E-state index < -0.39 is 10.0 Å². The lowest BCUT2D eigenvalue weighted by atomic mass is 10.1. The number of nitrogens with zero attached hydrogens (tertiary/aromatic N) is 3. The molecular weight excluding hydrogens is 518 g/mol. The summed E-state index contributed by atoms with van der Waals surface area (Å²) in [6.07, 6.45) is 2.45. The first-order chi connectivity index (χ1) is 18.3. The second-order valence-electron chi connectivity index (χ2n) is 9.33. The minimum Gasteiger partial charge on any atom is -0.493 e. The topological polar surface area (TPSA) is 110 Å². The van der Waals surface area contributed by atoms with Crippen molar-refractivity contribution in [2.24, 2.45) is 0 Å². The third-order valence-corrected chi connectivity index (χ3v) is 9.01. The fourth-order valence-corrected chi connectivity index (χ4v) is 7.05. The molecule has 0 fully saturated rings. The SMILES string of the molecule is CCCc1nc2c(N)nc3cc(OCCCNS(=O)(=O)c4cccc5c(N(C)C)cccc45)ccc3c2s1. The number of ether oxygens (including phenoxy) is 1. The Morgan fingerprint density at radius 3 is 2.61 bits per heavy atom. The quantitative estimate of drug-likeness (QED) is 0.226. The van der Waals surface area contributed by atoms with E-state index in [2.05, 4.69) is 21.6 Å². The van der Waals surface area contributed by atoms with Crippen LogP contribution < -0.4 is 20.1 Å². The Hall–Kier alpha value is -3.47. The highest BCUT2D eigenvalue weighted by atomic mass is 32.2. The van der Waals surface area contributed by atoms with Crippen molar-refractivity contribution in [3.8, 4) is 5.75 Å². The van der Waals surface area contributed by atoms with Gasteiger partial charge in [-0.25, -0.2) is 23.1 Å². The molecule has 8 nitrogen and oxygen atoms in total. The van der Waals surface area contributed by atoms with E-state index in [0.29, 0.717) is 30.0 Å². The van der Waals surface area contributed by atoms with Crippen molar-refractivity contribution in [1.82, 2.24) is 14.7 Å². The fourth-order valence-electron chi connectivity index (χ4n) is 4.55. The highest BCUT2D eigenvalue weighted by Gasteiger charge is 2.18. The van der Waals surface area contributed by atoms with E-state index in [1.54, 1.807) is 23.5 Å². The third kappa shape index (κ3) is 5.11. The van der Waals surface area contributed by atoms with Crippen LogP contribution in [0.1, 0.15) is 24.8 Å². The standard InChI is InChI=1S/C28H31N5O3S2/c1-4-8-25-32-26-27(37-25)21-14-13-18(17-22(21)31-28(26)29)36-16-7-15-30-38(34,35)24-12-6-9-19-20(24)10-5-11-23(19)33(2)3/h5-6,9-14,17,30H,4,7-8,15-16H2,1-3H3,(H2,29,31). The van der Waals surface area contributed by atoms with Gasteiger partial charge in [0.05, 0.1) is 26.7 Å². The van der Waals surface area contributed by atoms with Crippen molar-refractivity contribution in [2.45, 2.75) is 31.1 Å². The number of pyridine rings is 1. The van der Waals surface area contributed by atoms with Crippen LogP contribution in [0.25, 0.3) is 31.9 Å². The maximum atomic E-state index is 13.1. The van der Waals surface area contributed by atoms with Gasteiger partial charge in [0.1, 0.15) is 11.3 Å². The Bertz CT molecular complexity index is 1730. The number of hydrogen-bond donors (Lipinski definition) is 2. The second-order valence-corrected chi connectivity index (χ2v) is 12.2. The predicted octanol–water partition coefficient (Wildman–Crippen LogP) is 5.35.